The number of amides is 2. The number of primary amides is 1. The van der Waals surface area contributed by atoms with Gasteiger partial charge in [0.1, 0.15) is 11.6 Å². The molecule has 1 aliphatic rings. The molecule has 1 saturated carbocycles. The van der Waals surface area contributed by atoms with Crippen LogP contribution in [-0.2, 0) is 12.0 Å². The van der Waals surface area contributed by atoms with Gasteiger partial charge >= 0.3 is 0 Å². The molecule has 6 rings (SSSR count). The van der Waals surface area contributed by atoms with E-state index in [1.165, 1.54) is 12.1 Å². The van der Waals surface area contributed by atoms with E-state index >= 15 is 0 Å². The summed E-state index contributed by atoms with van der Waals surface area (Å²) in [6.07, 6.45) is 5.23. The van der Waals surface area contributed by atoms with E-state index in [1.807, 2.05) is 31.2 Å². The first kappa shape index (κ1) is 24.5. The third-order valence-electron chi connectivity index (χ3n) is 7.21. The minimum absolute atomic E-state index is 0.191. The molecule has 2 amide bonds. The van der Waals surface area contributed by atoms with Crippen LogP contribution in [0.25, 0.3) is 22.2 Å². The molecule has 3 N–H and O–H groups in total. The summed E-state index contributed by atoms with van der Waals surface area (Å²) in [5.74, 6) is -0.778. The number of aryl methyl sites for hydroxylation is 1. The third-order valence-corrected chi connectivity index (χ3v) is 7.21. The predicted molar refractivity (Wildman–Crippen MR) is 145 cm³/mol. The first-order chi connectivity index (χ1) is 18.8. The Hall–Kier alpha value is -4.85. The highest BCUT2D eigenvalue weighted by Crippen LogP contribution is 2.44. The molecular formula is C31H25FN4O3. The van der Waals surface area contributed by atoms with Gasteiger partial charge in [0, 0.05) is 29.1 Å². The van der Waals surface area contributed by atoms with E-state index in [-0.39, 0.29) is 23.7 Å². The van der Waals surface area contributed by atoms with Crippen LogP contribution in [0, 0.1) is 12.7 Å². The Morgan fingerprint density at radius 1 is 1.05 bits per heavy atom. The van der Waals surface area contributed by atoms with Gasteiger partial charge in [-0.05, 0) is 73.4 Å². The van der Waals surface area contributed by atoms with E-state index in [9.17, 15) is 14.0 Å². The van der Waals surface area contributed by atoms with E-state index < -0.39 is 11.4 Å². The molecule has 1 aliphatic carbocycles. The smallest absolute Gasteiger partial charge is 0.252 e. The molecule has 0 unspecified atom stereocenters. The average molecular weight is 521 g/mol. The number of hydrogen-bond acceptors (Lipinski definition) is 5. The number of nitrogens with one attached hydrogen (secondary N) is 1. The fourth-order valence-corrected chi connectivity index (χ4v) is 4.93. The minimum atomic E-state index is -0.628. The number of hydrogen-bond donors (Lipinski definition) is 2. The van der Waals surface area contributed by atoms with Gasteiger partial charge in [0.2, 0.25) is 0 Å². The van der Waals surface area contributed by atoms with Gasteiger partial charge in [-0.15, -0.1) is 0 Å². The standard InChI is InChI=1S/C31H25FN4O3/c1-18-5-8-20(30(38)36-31(11-12-31)27-4-2-3-13-34-27)15-22(18)24-16-23-26(17-35-24)39-25(28(23)29(33)37)14-19-6-9-21(32)10-7-19/h2-10,13,15-17H,11-12,14H2,1H3,(H2,33,37)(H,36,38). The molecule has 39 heavy (non-hydrogen) atoms. The Labute approximate surface area is 223 Å². The second-order valence-electron chi connectivity index (χ2n) is 9.91. The first-order valence-corrected chi connectivity index (χ1v) is 12.6. The van der Waals surface area contributed by atoms with Crippen molar-refractivity contribution in [1.29, 1.82) is 0 Å². The van der Waals surface area contributed by atoms with Crippen molar-refractivity contribution in [3.8, 4) is 11.3 Å². The van der Waals surface area contributed by atoms with Crippen molar-refractivity contribution in [2.45, 2.75) is 31.7 Å². The summed E-state index contributed by atoms with van der Waals surface area (Å²) in [6.45, 7) is 1.93. The summed E-state index contributed by atoms with van der Waals surface area (Å²) in [5.41, 5.74) is 10.4. The van der Waals surface area contributed by atoms with Crippen molar-refractivity contribution in [2.75, 3.05) is 0 Å². The van der Waals surface area contributed by atoms with Crippen molar-refractivity contribution in [1.82, 2.24) is 15.3 Å². The molecule has 0 aliphatic heterocycles. The van der Waals surface area contributed by atoms with Gasteiger partial charge in [-0.3, -0.25) is 19.6 Å². The molecule has 0 bridgehead atoms. The summed E-state index contributed by atoms with van der Waals surface area (Å²) >= 11 is 0. The van der Waals surface area contributed by atoms with Crippen LogP contribution in [0.2, 0.25) is 0 Å². The number of furan rings is 1. The zero-order valence-electron chi connectivity index (χ0n) is 21.2. The summed E-state index contributed by atoms with van der Waals surface area (Å²) in [5, 5.41) is 3.69. The normalized spacial score (nSPS) is 13.8. The van der Waals surface area contributed by atoms with Crippen LogP contribution in [0.5, 0.6) is 0 Å². The monoisotopic (exact) mass is 520 g/mol. The van der Waals surface area contributed by atoms with Crippen molar-refractivity contribution in [3.63, 3.8) is 0 Å². The Morgan fingerprint density at radius 2 is 1.85 bits per heavy atom. The molecule has 0 spiro atoms. The SMILES string of the molecule is Cc1ccc(C(=O)NC2(c3ccccn3)CC2)cc1-c1cc2c(C(N)=O)c(Cc3ccc(F)cc3)oc2cn1. The highest BCUT2D eigenvalue weighted by Gasteiger charge is 2.47. The van der Waals surface area contributed by atoms with E-state index in [0.717, 1.165) is 35.2 Å². The van der Waals surface area contributed by atoms with Crippen molar-refractivity contribution in [3.05, 3.63) is 119 Å². The highest BCUT2D eigenvalue weighted by molar-refractivity contribution is 6.07. The number of benzene rings is 2. The van der Waals surface area contributed by atoms with Crippen LogP contribution in [0.4, 0.5) is 4.39 Å². The minimum Gasteiger partial charge on any atom is -0.458 e. The molecular weight excluding hydrogens is 495 g/mol. The van der Waals surface area contributed by atoms with E-state index in [1.54, 1.807) is 42.7 Å². The van der Waals surface area contributed by atoms with Gasteiger partial charge in [0.05, 0.1) is 28.7 Å². The van der Waals surface area contributed by atoms with Gasteiger partial charge in [-0.2, -0.15) is 0 Å². The molecule has 8 heteroatoms. The second-order valence-corrected chi connectivity index (χ2v) is 9.91. The third kappa shape index (κ3) is 4.65. The largest absolute Gasteiger partial charge is 0.458 e. The Balaban J connectivity index is 1.34. The maximum absolute atomic E-state index is 13.3. The van der Waals surface area contributed by atoms with Gasteiger partial charge in [-0.25, -0.2) is 4.39 Å². The number of nitrogens with zero attached hydrogens (tertiary/aromatic N) is 2. The van der Waals surface area contributed by atoms with Crippen LogP contribution >= 0.6 is 0 Å². The molecule has 0 saturated heterocycles. The van der Waals surface area contributed by atoms with E-state index in [0.29, 0.717) is 28.0 Å². The van der Waals surface area contributed by atoms with Gasteiger partial charge < -0.3 is 15.5 Å². The fourth-order valence-electron chi connectivity index (χ4n) is 4.93. The lowest BCUT2D eigenvalue weighted by Crippen LogP contribution is -2.35. The number of halogens is 1. The average Bonchev–Trinajstić information content (AvgIpc) is 3.62. The number of carbonyl (C=O) groups excluding carboxylic acids is 2. The predicted octanol–water partition coefficient (Wildman–Crippen LogP) is 5.45. The van der Waals surface area contributed by atoms with Crippen LogP contribution in [0.1, 0.15) is 56.1 Å². The number of carbonyl (C=O) groups is 2. The molecule has 1 fully saturated rings. The van der Waals surface area contributed by atoms with E-state index in [4.69, 9.17) is 10.2 Å². The number of rotatable bonds is 7. The lowest BCUT2D eigenvalue weighted by Gasteiger charge is -2.17. The number of nitrogens with two attached hydrogens (primary N) is 1. The lowest BCUT2D eigenvalue weighted by molar-refractivity contribution is 0.0928. The number of fused-ring (bicyclic) bond motifs is 1. The van der Waals surface area contributed by atoms with Gasteiger partial charge in [0.15, 0.2) is 5.58 Å². The fraction of sp³-hybridized carbons (Fsp3) is 0.161. The Kier molecular flexibility index (Phi) is 5.95. The summed E-state index contributed by atoms with van der Waals surface area (Å²) < 4.78 is 19.3. The molecule has 3 aromatic heterocycles. The van der Waals surface area contributed by atoms with Crippen LogP contribution in [0.3, 0.4) is 0 Å². The maximum atomic E-state index is 13.3. The molecule has 2 aromatic carbocycles. The molecule has 5 aromatic rings. The Bertz CT molecular complexity index is 1720. The lowest BCUT2D eigenvalue weighted by atomic mass is 9.99. The highest BCUT2D eigenvalue weighted by atomic mass is 19.1. The number of aromatic nitrogens is 2. The zero-order chi connectivity index (χ0) is 27.1. The molecule has 194 valence electrons. The van der Waals surface area contributed by atoms with Crippen LogP contribution in [-0.4, -0.2) is 21.8 Å². The summed E-state index contributed by atoms with van der Waals surface area (Å²) in [4.78, 5) is 34.7. The van der Waals surface area contributed by atoms with E-state index in [2.05, 4.69) is 15.3 Å². The molecule has 3 heterocycles. The van der Waals surface area contributed by atoms with Crippen LogP contribution < -0.4 is 11.1 Å². The summed E-state index contributed by atoms with van der Waals surface area (Å²) in [6, 6.07) is 18.9. The Morgan fingerprint density at radius 3 is 2.54 bits per heavy atom. The van der Waals surface area contributed by atoms with Gasteiger partial charge in [-0.1, -0.05) is 24.3 Å². The molecule has 0 radical (unpaired) electrons. The summed E-state index contributed by atoms with van der Waals surface area (Å²) in [7, 11) is 0. The molecule has 7 nitrogen and oxygen atoms in total. The van der Waals surface area contributed by atoms with Gasteiger partial charge in [0.25, 0.3) is 11.8 Å². The first-order valence-electron chi connectivity index (χ1n) is 12.6. The maximum Gasteiger partial charge on any atom is 0.252 e. The van der Waals surface area contributed by atoms with Crippen LogP contribution in [0.15, 0.2) is 83.5 Å². The quantitative estimate of drug-likeness (QED) is 0.297. The second kappa shape index (κ2) is 9.47. The topological polar surface area (TPSA) is 111 Å². The zero-order valence-corrected chi connectivity index (χ0v) is 21.2. The van der Waals surface area contributed by atoms with Crippen molar-refractivity contribution in [2.24, 2.45) is 5.73 Å². The van der Waals surface area contributed by atoms with Crippen molar-refractivity contribution < 1.29 is 18.4 Å². The number of pyridine rings is 2. The van der Waals surface area contributed by atoms with Crippen molar-refractivity contribution >= 4 is 22.8 Å². The molecule has 0 atom stereocenters.